The van der Waals surface area contributed by atoms with E-state index in [9.17, 15) is 8.42 Å². The lowest BCUT2D eigenvalue weighted by Crippen LogP contribution is -2.27. The van der Waals surface area contributed by atoms with Crippen molar-refractivity contribution in [2.45, 2.75) is 31.1 Å². The number of rotatable bonds is 8. The van der Waals surface area contributed by atoms with Crippen LogP contribution >= 0.6 is 0 Å². The molecule has 0 saturated heterocycles. The van der Waals surface area contributed by atoms with Crippen molar-refractivity contribution in [3.8, 4) is 11.8 Å². The van der Waals surface area contributed by atoms with Gasteiger partial charge >= 0.3 is 0 Å². The van der Waals surface area contributed by atoms with Crippen LogP contribution in [0.2, 0.25) is 0 Å². The SMILES string of the molecule is CCCCOc1ccc(C=NN(CCC#N)C2=NS(=O)(=O)c3ccccc32)cc1. The van der Waals surface area contributed by atoms with Gasteiger partial charge in [0.25, 0.3) is 10.0 Å². The number of fused-ring (bicyclic) bond motifs is 1. The molecule has 0 atom stereocenters. The number of hydrazone groups is 1. The van der Waals surface area contributed by atoms with Crippen molar-refractivity contribution in [1.82, 2.24) is 5.01 Å². The summed E-state index contributed by atoms with van der Waals surface area (Å²) in [5.74, 6) is 1.02. The summed E-state index contributed by atoms with van der Waals surface area (Å²) >= 11 is 0. The molecule has 0 bridgehead atoms. The number of hydrogen-bond acceptors (Lipinski definition) is 6. The number of sulfonamides is 1. The quantitative estimate of drug-likeness (QED) is 0.377. The van der Waals surface area contributed by atoms with E-state index in [2.05, 4.69) is 22.5 Å². The van der Waals surface area contributed by atoms with E-state index < -0.39 is 10.0 Å². The highest BCUT2D eigenvalue weighted by molar-refractivity contribution is 7.90. The standard InChI is InChI=1S/C21H22N4O3S/c1-2-3-15-28-18-11-9-17(10-12-18)16-23-25(14-6-13-22)21-19-7-4-5-8-20(19)29(26,27)24-21/h4-5,7-12,16H,2-3,6,14-15H2,1H3. The molecule has 0 unspecified atom stereocenters. The van der Waals surface area contributed by atoms with Gasteiger partial charge in [0.05, 0.1) is 31.9 Å². The average molecular weight is 410 g/mol. The van der Waals surface area contributed by atoms with Crippen LogP contribution in [-0.2, 0) is 10.0 Å². The maximum atomic E-state index is 12.3. The molecule has 1 aliphatic heterocycles. The number of benzene rings is 2. The van der Waals surface area contributed by atoms with Gasteiger partial charge in [0, 0.05) is 5.56 Å². The van der Waals surface area contributed by atoms with Crippen molar-refractivity contribution in [2.24, 2.45) is 9.50 Å². The Hall–Kier alpha value is -3.18. The minimum absolute atomic E-state index is 0.153. The Morgan fingerprint density at radius 1 is 1.21 bits per heavy atom. The molecule has 0 aliphatic carbocycles. The average Bonchev–Trinajstić information content (AvgIpc) is 3.00. The predicted octanol–water partition coefficient (Wildman–Crippen LogP) is 3.56. The van der Waals surface area contributed by atoms with E-state index in [4.69, 9.17) is 10.00 Å². The Balaban J connectivity index is 1.81. The van der Waals surface area contributed by atoms with Crippen LogP contribution in [0.5, 0.6) is 5.75 Å². The van der Waals surface area contributed by atoms with Crippen LogP contribution in [0.15, 0.2) is 62.9 Å². The van der Waals surface area contributed by atoms with Gasteiger partial charge in [-0.1, -0.05) is 25.5 Å². The number of nitriles is 1. The summed E-state index contributed by atoms with van der Waals surface area (Å²) in [5.41, 5.74) is 1.31. The number of amidine groups is 1. The molecule has 29 heavy (non-hydrogen) atoms. The van der Waals surface area contributed by atoms with E-state index >= 15 is 0 Å². The summed E-state index contributed by atoms with van der Waals surface area (Å²) < 4.78 is 34.2. The van der Waals surface area contributed by atoms with Crippen molar-refractivity contribution >= 4 is 22.1 Å². The third kappa shape index (κ3) is 5.00. The summed E-state index contributed by atoms with van der Waals surface area (Å²) in [7, 11) is -3.75. The summed E-state index contributed by atoms with van der Waals surface area (Å²) in [6.45, 7) is 3.02. The maximum absolute atomic E-state index is 12.3. The second-order valence-corrected chi connectivity index (χ2v) is 8.01. The van der Waals surface area contributed by atoms with Crippen LogP contribution in [0.25, 0.3) is 0 Å². The summed E-state index contributed by atoms with van der Waals surface area (Å²) in [5, 5.41) is 14.8. The minimum atomic E-state index is -3.75. The molecule has 0 N–H and O–H groups in total. The zero-order valence-electron chi connectivity index (χ0n) is 16.2. The number of unbranched alkanes of at least 4 members (excludes halogenated alkanes) is 1. The molecule has 8 heteroatoms. The van der Waals surface area contributed by atoms with Crippen LogP contribution in [0.4, 0.5) is 0 Å². The smallest absolute Gasteiger partial charge is 0.285 e. The highest BCUT2D eigenvalue weighted by Gasteiger charge is 2.31. The molecule has 0 amide bonds. The van der Waals surface area contributed by atoms with E-state index in [0.717, 1.165) is 24.2 Å². The number of hydrogen-bond donors (Lipinski definition) is 0. The van der Waals surface area contributed by atoms with Crippen LogP contribution < -0.4 is 4.74 Å². The third-order valence-electron chi connectivity index (χ3n) is 4.29. The zero-order valence-corrected chi connectivity index (χ0v) is 17.0. The predicted molar refractivity (Wildman–Crippen MR) is 112 cm³/mol. The van der Waals surface area contributed by atoms with Gasteiger partial charge in [0.1, 0.15) is 10.6 Å². The van der Waals surface area contributed by atoms with Crippen LogP contribution in [0.1, 0.15) is 37.3 Å². The maximum Gasteiger partial charge on any atom is 0.285 e. The summed E-state index contributed by atoms with van der Waals surface area (Å²) in [4.78, 5) is 0.153. The van der Waals surface area contributed by atoms with Gasteiger partial charge in [0.2, 0.25) is 0 Å². The van der Waals surface area contributed by atoms with Gasteiger partial charge in [-0.3, -0.25) is 0 Å². The third-order valence-corrected chi connectivity index (χ3v) is 5.61. The lowest BCUT2D eigenvalue weighted by molar-refractivity contribution is 0.309. The first-order valence-corrected chi connectivity index (χ1v) is 10.8. The Bertz CT molecular complexity index is 1050. The fraction of sp³-hybridized carbons (Fsp3) is 0.286. The summed E-state index contributed by atoms with van der Waals surface area (Å²) in [6, 6.07) is 16.1. The van der Waals surface area contributed by atoms with Crippen LogP contribution in [0.3, 0.4) is 0 Å². The van der Waals surface area contributed by atoms with Crippen molar-refractivity contribution in [2.75, 3.05) is 13.2 Å². The van der Waals surface area contributed by atoms with Crippen molar-refractivity contribution in [1.29, 1.82) is 5.26 Å². The van der Waals surface area contributed by atoms with E-state index in [-0.39, 0.29) is 23.7 Å². The van der Waals surface area contributed by atoms with Gasteiger partial charge in [-0.25, -0.2) is 5.01 Å². The van der Waals surface area contributed by atoms with Crippen molar-refractivity contribution in [3.63, 3.8) is 0 Å². The molecular weight excluding hydrogens is 388 g/mol. The first-order chi connectivity index (χ1) is 14.0. The fourth-order valence-electron chi connectivity index (χ4n) is 2.77. The topological polar surface area (TPSA) is 95.1 Å². The van der Waals surface area contributed by atoms with Gasteiger partial charge < -0.3 is 4.74 Å². The molecular formula is C21H22N4O3S. The molecule has 2 aromatic rings. The molecule has 0 fully saturated rings. The second-order valence-electron chi connectivity index (χ2n) is 6.43. The Morgan fingerprint density at radius 2 is 1.97 bits per heavy atom. The largest absolute Gasteiger partial charge is 0.494 e. The van der Waals surface area contributed by atoms with Crippen LogP contribution in [-0.4, -0.2) is 38.6 Å². The Labute approximate surface area is 171 Å². The lowest BCUT2D eigenvalue weighted by Gasteiger charge is -2.17. The van der Waals surface area contributed by atoms with E-state index in [0.29, 0.717) is 12.2 Å². The Morgan fingerprint density at radius 3 is 2.69 bits per heavy atom. The molecule has 0 saturated carbocycles. The molecule has 1 heterocycles. The van der Waals surface area contributed by atoms with E-state index in [1.54, 1.807) is 24.4 Å². The van der Waals surface area contributed by atoms with Gasteiger partial charge in [0.15, 0.2) is 5.84 Å². The molecule has 7 nitrogen and oxygen atoms in total. The first-order valence-electron chi connectivity index (χ1n) is 9.41. The van der Waals surface area contributed by atoms with Crippen molar-refractivity contribution in [3.05, 3.63) is 59.7 Å². The molecule has 2 aromatic carbocycles. The highest BCUT2D eigenvalue weighted by atomic mass is 32.2. The Kier molecular flexibility index (Phi) is 6.62. The number of nitrogens with zero attached hydrogens (tertiary/aromatic N) is 4. The van der Waals surface area contributed by atoms with E-state index in [1.807, 2.05) is 24.3 Å². The second kappa shape index (κ2) is 9.34. The van der Waals surface area contributed by atoms with Gasteiger partial charge in [-0.15, -0.1) is 4.40 Å². The monoisotopic (exact) mass is 410 g/mol. The molecule has 3 rings (SSSR count). The minimum Gasteiger partial charge on any atom is -0.494 e. The number of ether oxygens (including phenoxy) is 1. The lowest BCUT2D eigenvalue weighted by atomic mass is 10.2. The molecule has 0 radical (unpaired) electrons. The molecule has 0 aromatic heterocycles. The fourth-order valence-corrected chi connectivity index (χ4v) is 3.98. The van der Waals surface area contributed by atoms with Crippen molar-refractivity contribution < 1.29 is 13.2 Å². The highest BCUT2D eigenvalue weighted by Crippen LogP contribution is 2.27. The normalized spacial score (nSPS) is 14.3. The molecule has 1 aliphatic rings. The van der Waals surface area contributed by atoms with E-state index in [1.165, 1.54) is 11.1 Å². The molecule has 150 valence electrons. The summed E-state index contributed by atoms with van der Waals surface area (Å²) in [6.07, 6.45) is 3.88. The van der Waals surface area contributed by atoms with Gasteiger partial charge in [-0.05, 0) is 48.4 Å². The first kappa shape index (κ1) is 20.6. The molecule has 0 spiro atoms. The van der Waals surface area contributed by atoms with Crippen LogP contribution in [0, 0.1) is 11.3 Å². The van der Waals surface area contributed by atoms with Gasteiger partial charge in [-0.2, -0.15) is 18.8 Å². The zero-order chi connectivity index (χ0) is 20.7.